The van der Waals surface area contributed by atoms with Crippen molar-refractivity contribution in [2.75, 3.05) is 4.90 Å². The fraction of sp³-hybridized carbons (Fsp3) is 0. The van der Waals surface area contributed by atoms with Gasteiger partial charge in [-0.3, -0.25) is 4.90 Å². The van der Waals surface area contributed by atoms with Crippen molar-refractivity contribution in [3.05, 3.63) is 24.0 Å². The second-order valence-corrected chi connectivity index (χ2v) is 4.03. The minimum Gasteiger partial charge on any atom is -0.464 e. The van der Waals surface area contributed by atoms with Crippen molar-refractivity contribution < 1.29 is 9.90 Å². The first kappa shape index (κ1) is 9.10. The first-order valence-corrected chi connectivity index (χ1v) is 5.33. The summed E-state index contributed by atoms with van der Waals surface area (Å²) in [5.41, 5.74) is 0.612. The van der Waals surface area contributed by atoms with Crippen molar-refractivity contribution >= 4 is 29.3 Å². The second-order valence-electron chi connectivity index (χ2n) is 3.11. The van der Waals surface area contributed by atoms with Crippen LogP contribution >= 0.6 is 11.3 Å². The van der Waals surface area contributed by atoms with Crippen LogP contribution in [0.2, 0.25) is 0 Å². The lowest BCUT2D eigenvalue weighted by atomic mass is 10.3. The molecule has 2 aromatic rings. The van der Waals surface area contributed by atoms with Gasteiger partial charge in [0.25, 0.3) is 0 Å². The minimum atomic E-state index is -1.03. The summed E-state index contributed by atoms with van der Waals surface area (Å²) in [5.74, 6) is 0.657. The van der Waals surface area contributed by atoms with Gasteiger partial charge >= 0.3 is 6.09 Å². The van der Waals surface area contributed by atoms with Crippen LogP contribution < -0.4 is 4.90 Å². The highest BCUT2D eigenvalue weighted by atomic mass is 32.1. The average Bonchev–Trinajstić information content (AvgIpc) is 2.84. The monoisotopic (exact) mass is 234 g/mol. The number of hydrogen-bond donors (Lipinski definition) is 1. The van der Waals surface area contributed by atoms with Gasteiger partial charge < -0.3 is 5.11 Å². The predicted molar refractivity (Wildman–Crippen MR) is 59.2 cm³/mol. The van der Waals surface area contributed by atoms with E-state index in [4.69, 9.17) is 5.11 Å². The summed E-state index contributed by atoms with van der Waals surface area (Å²) >= 11 is 1.44. The summed E-state index contributed by atoms with van der Waals surface area (Å²) in [4.78, 5) is 17.1. The molecular weight excluding hydrogens is 228 g/mol. The van der Waals surface area contributed by atoms with Gasteiger partial charge in [0.05, 0.1) is 10.6 Å². The first-order valence-electron chi connectivity index (χ1n) is 4.45. The summed E-state index contributed by atoms with van der Waals surface area (Å²) in [7, 11) is 0. The number of carboxylic acid groups (broad SMARTS) is 1. The molecule has 0 saturated carbocycles. The van der Waals surface area contributed by atoms with E-state index in [9.17, 15) is 4.79 Å². The Morgan fingerprint density at radius 1 is 1.44 bits per heavy atom. The van der Waals surface area contributed by atoms with Crippen LogP contribution in [-0.4, -0.2) is 26.0 Å². The molecule has 1 aliphatic rings. The van der Waals surface area contributed by atoms with Crippen LogP contribution in [0.15, 0.2) is 24.0 Å². The van der Waals surface area contributed by atoms with Crippen molar-refractivity contribution in [3.63, 3.8) is 0 Å². The normalized spacial score (nSPS) is 13.1. The van der Waals surface area contributed by atoms with E-state index in [1.54, 1.807) is 16.9 Å². The van der Waals surface area contributed by atoms with Gasteiger partial charge in [-0.05, 0) is 11.4 Å². The molecule has 0 spiro atoms. The summed E-state index contributed by atoms with van der Waals surface area (Å²) in [6.45, 7) is 0. The molecule has 6 nitrogen and oxygen atoms in total. The van der Waals surface area contributed by atoms with Gasteiger partial charge in [0.1, 0.15) is 6.33 Å². The third-order valence-electron chi connectivity index (χ3n) is 2.24. The Morgan fingerprint density at radius 2 is 2.31 bits per heavy atom. The number of anilines is 1. The minimum absolute atomic E-state index is 0.612. The lowest BCUT2D eigenvalue weighted by Crippen LogP contribution is -2.22. The summed E-state index contributed by atoms with van der Waals surface area (Å²) < 4.78 is 1.55. The molecule has 3 heterocycles. The molecular formula is C9H6N4O2S. The van der Waals surface area contributed by atoms with Crippen LogP contribution in [0.1, 0.15) is 0 Å². The van der Waals surface area contributed by atoms with Crippen LogP contribution in [-0.2, 0) is 0 Å². The van der Waals surface area contributed by atoms with E-state index in [1.807, 2.05) is 5.38 Å². The van der Waals surface area contributed by atoms with Gasteiger partial charge in [-0.2, -0.15) is 5.10 Å². The zero-order valence-electron chi connectivity index (χ0n) is 7.94. The number of carbonyl (C=O) groups is 1. The third-order valence-corrected chi connectivity index (χ3v) is 3.14. The largest absolute Gasteiger partial charge is 0.464 e. The van der Waals surface area contributed by atoms with E-state index >= 15 is 0 Å². The number of amides is 1. The zero-order chi connectivity index (χ0) is 11.1. The number of hydrogen-bond acceptors (Lipinski definition) is 4. The lowest BCUT2D eigenvalue weighted by Gasteiger charge is -2.11. The molecule has 0 saturated heterocycles. The van der Waals surface area contributed by atoms with Crippen LogP contribution in [0, 0.1) is 0 Å². The molecule has 1 aliphatic heterocycles. The zero-order valence-corrected chi connectivity index (χ0v) is 8.76. The van der Waals surface area contributed by atoms with Crippen molar-refractivity contribution in [2.24, 2.45) is 0 Å². The number of thiophene rings is 1. The van der Waals surface area contributed by atoms with Crippen molar-refractivity contribution in [1.29, 1.82) is 0 Å². The number of aromatic nitrogens is 3. The quantitative estimate of drug-likeness (QED) is 0.756. The highest BCUT2D eigenvalue weighted by Gasteiger charge is 2.23. The van der Waals surface area contributed by atoms with E-state index < -0.39 is 6.09 Å². The Kier molecular flexibility index (Phi) is 1.80. The Morgan fingerprint density at radius 3 is 3.12 bits per heavy atom. The summed E-state index contributed by atoms with van der Waals surface area (Å²) in [5, 5.41) is 14.9. The SMILES string of the molecule is O=C(O)N1C=Cn2ncnc2-c2sccc21. The molecule has 80 valence electrons. The standard InChI is InChI=1S/C9H6N4O2S/c14-9(15)12-2-3-13-8(10-5-11-13)7-6(12)1-4-16-7/h1-5H,(H,14,15). The van der Waals surface area contributed by atoms with Crippen LogP contribution in [0.25, 0.3) is 16.9 Å². The van der Waals surface area contributed by atoms with E-state index in [1.165, 1.54) is 23.9 Å². The number of nitrogens with zero attached hydrogens (tertiary/aromatic N) is 4. The summed E-state index contributed by atoms with van der Waals surface area (Å²) in [6.07, 6.45) is 3.45. The molecule has 2 aromatic heterocycles. The van der Waals surface area contributed by atoms with Gasteiger partial charge in [0.15, 0.2) is 5.82 Å². The molecule has 0 unspecified atom stereocenters. The summed E-state index contributed by atoms with van der Waals surface area (Å²) in [6, 6.07) is 1.75. The number of fused-ring (bicyclic) bond motifs is 3. The maximum Gasteiger partial charge on any atom is 0.416 e. The van der Waals surface area contributed by atoms with E-state index in [0.29, 0.717) is 11.5 Å². The van der Waals surface area contributed by atoms with Gasteiger partial charge in [0, 0.05) is 12.4 Å². The second kappa shape index (κ2) is 3.17. The third kappa shape index (κ3) is 1.15. The lowest BCUT2D eigenvalue weighted by molar-refractivity contribution is 0.204. The molecule has 0 radical (unpaired) electrons. The van der Waals surface area contributed by atoms with E-state index in [-0.39, 0.29) is 0 Å². The predicted octanol–water partition coefficient (Wildman–Crippen LogP) is 1.93. The Bertz CT molecular complexity index is 586. The Balaban J connectivity index is 2.27. The Labute approximate surface area is 94.1 Å². The van der Waals surface area contributed by atoms with Gasteiger partial charge in [-0.15, -0.1) is 11.3 Å². The average molecular weight is 234 g/mol. The van der Waals surface area contributed by atoms with Crippen LogP contribution in [0.4, 0.5) is 10.5 Å². The molecule has 0 bridgehead atoms. The molecule has 0 atom stereocenters. The van der Waals surface area contributed by atoms with Gasteiger partial charge in [-0.25, -0.2) is 14.5 Å². The molecule has 0 aromatic carbocycles. The number of rotatable bonds is 0. The van der Waals surface area contributed by atoms with Crippen LogP contribution in [0.5, 0.6) is 0 Å². The maximum absolute atomic E-state index is 11.1. The molecule has 0 fully saturated rings. The topological polar surface area (TPSA) is 71.2 Å². The van der Waals surface area contributed by atoms with Gasteiger partial charge in [0.2, 0.25) is 0 Å². The highest BCUT2D eigenvalue weighted by Crippen LogP contribution is 2.36. The van der Waals surface area contributed by atoms with E-state index in [2.05, 4.69) is 10.1 Å². The van der Waals surface area contributed by atoms with Crippen molar-refractivity contribution in [1.82, 2.24) is 14.8 Å². The first-order chi connectivity index (χ1) is 7.77. The fourth-order valence-corrected chi connectivity index (χ4v) is 2.43. The maximum atomic E-state index is 11.1. The van der Waals surface area contributed by atoms with Gasteiger partial charge in [-0.1, -0.05) is 0 Å². The molecule has 1 amide bonds. The fourth-order valence-electron chi connectivity index (χ4n) is 1.56. The highest BCUT2D eigenvalue weighted by molar-refractivity contribution is 7.14. The Hall–Kier alpha value is -2.15. The molecule has 3 rings (SSSR count). The smallest absolute Gasteiger partial charge is 0.416 e. The molecule has 0 aliphatic carbocycles. The molecule has 1 N–H and O–H groups in total. The van der Waals surface area contributed by atoms with Crippen LogP contribution in [0.3, 0.4) is 0 Å². The van der Waals surface area contributed by atoms with Crippen molar-refractivity contribution in [3.8, 4) is 10.7 Å². The molecule has 7 heteroatoms. The van der Waals surface area contributed by atoms with E-state index in [0.717, 1.165) is 9.78 Å². The van der Waals surface area contributed by atoms with Crippen molar-refractivity contribution in [2.45, 2.75) is 0 Å². The molecule has 16 heavy (non-hydrogen) atoms.